The Kier molecular flexibility index (Phi) is 2.64. The van der Waals surface area contributed by atoms with E-state index in [1.54, 1.807) is 0 Å². The van der Waals surface area contributed by atoms with Gasteiger partial charge in [0.2, 0.25) is 0 Å². The molecule has 1 heterocycles. The van der Waals surface area contributed by atoms with E-state index in [0.29, 0.717) is 6.61 Å². The summed E-state index contributed by atoms with van der Waals surface area (Å²) < 4.78 is 5.13. The first-order chi connectivity index (χ1) is 6.81. The lowest BCUT2D eigenvalue weighted by atomic mass is 9.96. The number of Topliss-reactive ketones (excluding diaryl/α,β-unsaturated/α-hetero) is 1. The molecule has 0 aliphatic carbocycles. The third kappa shape index (κ3) is 1.70. The molecule has 2 nitrogen and oxygen atoms in total. The predicted octanol–water partition coefficient (Wildman–Crippen LogP) is 1.93. The van der Waals surface area contributed by atoms with Gasteiger partial charge in [0.05, 0.1) is 12.5 Å². The molecule has 1 saturated heterocycles. The van der Waals surface area contributed by atoms with Crippen molar-refractivity contribution in [1.82, 2.24) is 0 Å². The molecule has 74 valence electrons. The van der Waals surface area contributed by atoms with E-state index in [1.807, 2.05) is 12.1 Å². The second-order valence-corrected chi connectivity index (χ2v) is 3.63. The van der Waals surface area contributed by atoms with Gasteiger partial charge in [0.15, 0.2) is 5.78 Å². The molecule has 0 spiro atoms. The molecular weight excluding hydrogens is 176 g/mol. The van der Waals surface area contributed by atoms with Crippen molar-refractivity contribution in [2.45, 2.75) is 19.3 Å². The van der Waals surface area contributed by atoms with Crippen molar-refractivity contribution < 1.29 is 9.53 Å². The fourth-order valence-electron chi connectivity index (χ4n) is 1.74. The van der Waals surface area contributed by atoms with Crippen LogP contribution in [-0.2, 0) is 16.0 Å². The van der Waals surface area contributed by atoms with Crippen LogP contribution in [-0.4, -0.2) is 19.0 Å². The molecule has 0 N–H and O–H groups in total. The van der Waals surface area contributed by atoms with Gasteiger partial charge >= 0.3 is 0 Å². The van der Waals surface area contributed by atoms with Crippen molar-refractivity contribution in [1.29, 1.82) is 0 Å². The van der Waals surface area contributed by atoms with Gasteiger partial charge in [0.1, 0.15) is 6.61 Å². The molecule has 1 aliphatic heterocycles. The van der Waals surface area contributed by atoms with Gasteiger partial charge in [-0.25, -0.2) is 0 Å². The number of ketones is 1. The summed E-state index contributed by atoms with van der Waals surface area (Å²) >= 11 is 0. The van der Waals surface area contributed by atoms with E-state index >= 15 is 0 Å². The Morgan fingerprint density at radius 1 is 1.36 bits per heavy atom. The third-order valence-electron chi connectivity index (χ3n) is 2.71. The molecule has 0 bridgehead atoms. The van der Waals surface area contributed by atoms with Crippen LogP contribution in [0.25, 0.3) is 0 Å². The fourth-order valence-corrected chi connectivity index (χ4v) is 1.74. The van der Waals surface area contributed by atoms with E-state index in [2.05, 4.69) is 19.1 Å². The summed E-state index contributed by atoms with van der Waals surface area (Å²) in [5.41, 5.74) is 2.39. The number of ether oxygens (including phenoxy) is 1. The molecule has 0 saturated carbocycles. The lowest BCUT2D eigenvalue weighted by Crippen LogP contribution is -2.08. The molecule has 1 atom stereocenters. The van der Waals surface area contributed by atoms with Gasteiger partial charge in [-0.05, 0) is 17.5 Å². The SMILES string of the molecule is CCc1ccc([C@H]2COCC2=O)cc1. The Hall–Kier alpha value is -1.15. The molecule has 0 radical (unpaired) electrons. The highest BCUT2D eigenvalue weighted by Crippen LogP contribution is 2.22. The summed E-state index contributed by atoms with van der Waals surface area (Å²) in [5.74, 6) is 0.176. The molecule has 0 aromatic heterocycles. The Morgan fingerprint density at radius 3 is 2.57 bits per heavy atom. The Balaban J connectivity index is 2.20. The van der Waals surface area contributed by atoms with Crippen molar-refractivity contribution in [2.75, 3.05) is 13.2 Å². The minimum atomic E-state index is -0.0269. The van der Waals surface area contributed by atoms with Crippen molar-refractivity contribution >= 4 is 5.78 Å². The first kappa shape index (κ1) is 9.41. The molecular formula is C12H14O2. The van der Waals surface area contributed by atoms with E-state index in [1.165, 1.54) is 5.56 Å². The lowest BCUT2D eigenvalue weighted by Gasteiger charge is -2.06. The second-order valence-electron chi connectivity index (χ2n) is 3.63. The van der Waals surface area contributed by atoms with Crippen LogP contribution in [0.1, 0.15) is 24.0 Å². The van der Waals surface area contributed by atoms with E-state index in [4.69, 9.17) is 4.74 Å². The van der Waals surface area contributed by atoms with Gasteiger partial charge in [-0.15, -0.1) is 0 Å². The topological polar surface area (TPSA) is 26.3 Å². The van der Waals surface area contributed by atoms with Crippen LogP contribution in [0.15, 0.2) is 24.3 Å². The van der Waals surface area contributed by atoms with E-state index < -0.39 is 0 Å². The van der Waals surface area contributed by atoms with Gasteiger partial charge in [0.25, 0.3) is 0 Å². The maximum Gasteiger partial charge on any atom is 0.168 e. The number of rotatable bonds is 2. The number of carbonyl (C=O) groups excluding carboxylic acids is 1. The monoisotopic (exact) mass is 190 g/mol. The molecule has 2 heteroatoms. The Labute approximate surface area is 83.9 Å². The van der Waals surface area contributed by atoms with Gasteiger partial charge in [-0.2, -0.15) is 0 Å². The average molecular weight is 190 g/mol. The van der Waals surface area contributed by atoms with E-state index in [9.17, 15) is 4.79 Å². The summed E-state index contributed by atoms with van der Waals surface area (Å²) in [6, 6.07) is 8.24. The molecule has 14 heavy (non-hydrogen) atoms. The van der Waals surface area contributed by atoms with Crippen LogP contribution >= 0.6 is 0 Å². The first-order valence-electron chi connectivity index (χ1n) is 5.00. The zero-order chi connectivity index (χ0) is 9.97. The maximum atomic E-state index is 11.4. The quantitative estimate of drug-likeness (QED) is 0.712. The van der Waals surface area contributed by atoms with Crippen LogP contribution in [0.4, 0.5) is 0 Å². The molecule has 0 amide bonds. The zero-order valence-electron chi connectivity index (χ0n) is 8.32. The standard InChI is InChI=1S/C12H14O2/c1-2-9-3-5-10(6-4-9)11-7-14-8-12(11)13/h3-6,11H,2,7-8H2,1H3/t11-/m1/s1. The molecule has 1 aromatic rings. The minimum absolute atomic E-state index is 0.0269. The summed E-state index contributed by atoms with van der Waals surface area (Å²) in [6.07, 6.45) is 1.04. The number of aryl methyl sites for hydroxylation is 1. The smallest absolute Gasteiger partial charge is 0.168 e. The molecule has 1 aliphatic rings. The van der Waals surface area contributed by atoms with Gasteiger partial charge in [-0.3, -0.25) is 4.79 Å². The van der Waals surface area contributed by atoms with E-state index in [0.717, 1.165) is 12.0 Å². The summed E-state index contributed by atoms with van der Waals surface area (Å²) in [6.45, 7) is 2.95. The predicted molar refractivity (Wildman–Crippen MR) is 54.4 cm³/mol. The highest BCUT2D eigenvalue weighted by molar-refractivity contribution is 5.88. The summed E-state index contributed by atoms with van der Waals surface area (Å²) in [5, 5.41) is 0. The van der Waals surface area contributed by atoms with E-state index in [-0.39, 0.29) is 18.3 Å². The summed E-state index contributed by atoms with van der Waals surface area (Å²) in [4.78, 5) is 11.4. The third-order valence-corrected chi connectivity index (χ3v) is 2.71. The number of benzene rings is 1. The van der Waals surface area contributed by atoms with Crippen molar-refractivity contribution in [3.8, 4) is 0 Å². The fraction of sp³-hybridized carbons (Fsp3) is 0.417. The number of hydrogen-bond acceptors (Lipinski definition) is 2. The highest BCUT2D eigenvalue weighted by atomic mass is 16.5. The Bertz CT molecular complexity index is 327. The maximum absolute atomic E-state index is 11.4. The number of hydrogen-bond donors (Lipinski definition) is 0. The first-order valence-corrected chi connectivity index (χ1v) is 5.00. The van der Waals surface area contributed by atoms with Crippen LogP contribution in [0.2, 0.25) is 0 Å². The van der Waals surface area contributed by atoms with Crippen LogP contribution in [0, 0.1) is 0 Å². The normalized spacial score (nSPS) is 21.5. The average Bonchev–Trinajstić information content (AvgIpc) is 2.65. The lowest BCUT2D eigenvalue weighted by molar-refractivity contribution is -0.118. The van der Waals surface area contributed by atoms with Crippen molar-refractivity contribution in [3.63, 3.8) is 0 Å². The van der Waals surface area contributed by atoms with Crippen LogP contribution in [0.5, 0.6) is 0 Å². The molecule has 1 fully saturated rings. The molecule has 2 rings (SSSR count). The minimum Gasteiger partial charge on any atom is -0.373 e. The highest BCUT2D eigenvalue weighted by Gasteiger charge is 2.26. The van der Waals surface area contributed by atoms with Crippen LogP contribution in [0.3, 0.4) is 0 Å². The largest absolute Gasteiger partial charge is 0.373 e. The van der Waals surface area contributed by atoms with Crippen molar-refractivity contribution in [3.05, 3.63) is 35.4 Å². The van der Waals surface area contributed by atoms with Gasteiger partial charge < -0.3 is 4.74 Å². The van der Waals surface area contributed by atoms with Gasteiger partial charge in [-0.1, -0.05) is 31.2 Å². The van der Waals surface area contributed by atoms with Crippen LogP contribution < -0.4 is 0 Å². The van der Waals surface area contributed by atoms with Gasteiger partial charge in [0, 0.05) is 0 Å². The Morgan fingerprint density at radius 2 is 2.07 bits per heavy atom. The molecule has 0 unspecified atom stereocenters. The number of carbonyl (C=O) groups is 1. The molecule has 1 aromatic carbocycles. The second kappa shape index (κ2) is 3.93. The van der Waals surface area contributed by atoms with Crippen molar-refractivity contribution in [2.24, 2.45) is 0 Å². The zero-order valence-corrected chi connectivity index (χ0v) is 8.32. The summed E-state index contributed by atoms with van der Waals surface area (Å²) in [7, 11) is 0.